The maximum atomic E-state index is 11.7. The van der Waals surface area contributed by atoms with Crippen LogP contribution in [0.4, 0.5) is 0 Å². The van der Waals surface area contributed by atoms with Gasteiger partial charge in [-0.05, 0) is 13.3 Å². The van der Waals surface area contributed by atoms with Crippen molar-refractivity contribution in [1.82, 2.24) is 19.9 Å². The molecule has 0 saturated heterocycles. The van der Waals surface area contributed by atoms with Gasteiger partial charge in [0.1, 0.15) is 11.0 Å². The molecule has 0 spiro atoms. The average molecular weight is 282 g/mol. The first-order valence-corrected chi connectivity index (χ1v) is 6.65. The molecule has 0 fully saturated rings. The number of hydrogen-bond acceptors (Lipinski definition) is 6. The van der Waals surface area contributed by atoms with Crippen molar-refractivity contribution < 1.29 is 9.90 Å². The standard InChI is InChI=1S/C11H14N4O3S/c1-3-11(2,9(17)18)12-5-7-4-8(16)15-10(14-7)19-6-13-15/h4,6,12H,3,5H2,1-2H3,(H,17,18). The minimum atomic E-state index is -1.03. The van der Waals surface area contributed by atoms with E-state index in [-0.39, 0.29) is 12.1 Å². The zero-order valence-corrected chi connectivity index (χ0v) is 11.4. The summed E-state index contributed by atoms with van der Waals surface area (Å²) in [6.45, 7) is 3.61. The fraction of sp³-hybridized carbons (Fsp3) is 0.455. The molecule has 0 saturated carbocycles. The summed E-state index contributed by atoms with van der Waals surface area (Å²) >= 11 is 1.26. The van der Waals surface area contributed by atoms with Crippen LogP contribution in [-0.4, -0.2) is 31.2 Å². The molecule has 19 heavy (non-hydrogen) atoms. The Kier molecular flexibility index (Phi) is 3.63. The molecule has 7 nitrogen and oxygen atoms in total. The molecule has 1 unspecified atom stereocenters. The minimum absolute atomic E-state index is 0.223. The van der Waals surface area contributed by atoms with Crippen LogP contribution in [0.15, 0.2) is 16.4 Å². The summed E-state index contributed by atoms with van der Waals surface area (Å²) in [6, 6.07) is 1.36. The van der Waals surface area contributed by atoms with Crippen LogP contribution in [0.5, 0.6) is 0 Å². The molecular formula is C11H14N4O3S. The molecule has 2 heterocycles. The van der Waals surface area contributed by atoms with E-state index >= 15 is 0 Å². The van der Waals surface area contributed by atoms with Crippen molar-refractivity contribution in [2.75, 3.05) is 0 Å². The Morgan fingerprint density at radius 3 is 3.00 bits per heavy atom. The van der Waals surface area contributed by atoms with Crippen molar-refractivity contribution in [2.24, 2.45) is 0 Å². The third-order valence-electron chi connectivity index (χ3n) is 3.08. The van der Waals surface area contributed by atoms with Crippen LogP contribution in [0.25, 0.3) is 4.96 Å². The summed E-state index contributed by atoms with van der Waals surface area (Å²) in [4.78, 5) is 27.6. The van der Waals surface area contributed by atoms with Crippen molar-refractivity contribution in [3.05, 3.63) is 27.6 Å². The van der Waals surface area contributed by atoms with Gasteiger partial charge < -0.3 is 5.11 Å². The Morgan fingerprint density at radius 2 is 2.37 bits per heavy atom. The van der Waals surface area contributed by atoms with E-state index in [0.717, 1.165) is 0 Å². The first kappa shape index (κ1) is 13.6. The molecule has 2 rings (SSSR count). The molecular weight excluding hydrogens is 268 g/mol. The molecule has 0 amide bonds. The van der Waals surface area contributed by atoms with Crippen LogP contribution in [0, 0.1) is 0 Å². The van der Waals surface area contributed by atoms with Gasteiger partial charge in [-0.25, -0.2) is 4.98 Å². The van der Waals surface area contributed by atoms with E-state index < -0.39 is 11.5 Å². The van der Waals surface area contributed by atoms with Crippen LogP contribution in [-0.2, 0) is 11.3 Å². The highest BCUT2D eigenvalue weighted by Crippen LogP contribution is 2.11. The van der Waals surface area contributed by atoms with Gasteiger partial charge in [0.05, 0.1) is 5.69 Å². The van der Waals surface area contributed by atoms with Crippen LogP contribution >= 0.6 is 11.3 Å². The Hall–Kier alpha value is -1.80. The number of hydrogen-bond donors (Lipinski definition) is 2. The number of aromatic nitrogens is 3. The molecule has 0 aliphatic rings. The first-order valence-electron chi connectivity index (χ1n) is 5.77. The smallest absolute Gasteiger partial charge is 0.323 e. The zero-order valence-electron chi connectivity index (χ0n) is 10.6. The number of nitrogens with one attached hydrogen (secondary N) is 1. The van der Waals surface area contributed by atoms with Crippen molar-refractivity contribution in [1.29, 1.82) is 0 Å². The van der Waals surface area contributed by atoms with E-state index in [0.29, 0.717) is 17.1 Å². The van der Waals surface area contributed by atoms with Gasteiger partial charge in [0.15, 0.2) is 0 Å². The van der Waals surface area contributed by atoms with Crippen LogP contribution in [0.3, 0.4) is 0 Å². The normalized spacial score (nSPS) is 14.4. The molecule has 0 aromatic carbocycles. The quantitative estimate of drug-likeness (QED) is 0.828. The predicted octanol–water partition coefficient (Wildman–Crippen LogP) is 0.494. The predicted molar refractivity (Wildman–Crippen MR) is 70.3 cm³/mol. The molecule has 0 bridgehead atoms. The Labute approximate surface area is 112 Å². The first-order chi connectivity index (χ1) is 8.96. The summed E-state index contributed by atoms with van der Waals surface area (Å²) in [6.07, 6.45) is 0.435. The highest BCUT2D eigenvalue weighted by Gasteiger charge is 2.30. The van der Waals surface area contributed by atoms with Gasteiger partial charge >= 0.3 is 5.97 Å². The lowest BCUT2D eigenvalue weighted by Gasteiger charge is -2.24. The van der Waals surface area contributed by atoms with E-state index in [1.165, 1.54) is 27.4 Å². The van der Waals surface area contributed by atoms with Crippen LogP contribution in [0.2, 0.25) is 0 Å². The lowest BCUT2D eigenvalue weighted by Crippen LogP contribution is -2.48. The Bertz CT molecular complexity index is 665. The van der Waals surface area contributed by atoms with E-state index in [4.69, 9.17) is 5.11 Å². The molecule has 1 atom stereocenters. The molecule has 0 aliphatic heterocycles. The summed E-state index contributed by atoms with van der Waals surface area (Å²) in [5, 5.41) is 15.9. The lowest BCUT2D eigenvalue weighted by atomic mass is 9.99. The van der Waals surface area contributed by atoms with Gasteiger partial charge in [0.25, 0.3) is 5.56 Å². The second-order valence-corrected chi connectivity index (χ2v) is 5.17. The third-order valence-corrected chi connectivity index (χ3v) is 3.75. The largest absolute Gasteiger partial charge is 0.480 e. The van der Waals surface area contributed by atoms with Gasteiger partial charge in [-0.1, -0.05) is 18.3 Å². The number of fused-ring (bicyclic) bond motifs is 1. The van der Waals surface area contributed by atoms with Gasteiger partial charge in [-0.15, -0.1) is 0 Å². The number of carbonyl (C=O) groups is 1. The monoisotopic (exact) mass is 282 g/mol. The molecule has 2 N–H and O–H groups in total. The Morgan fingerprint density at radius 1 is 1.63 bits per heavy atom. The van der Waals surface area contributed by atoms with Gasteiger partial charge in [0.2, 0.25) is 4.96 Å². The second-order valence-electron chi connectivity index (χ2n) is 4.36. The van der Waals surface area contributed by atoms with Crippen molar-refractivity contribution in [3.63, 3.8) is 0 Å². The van der Waals surface area contributed by atoms with E-state index in [1.54, 1.807) is 13.8 Å². The van der Waals surface area contributed by atoms with Gasteiger partial charge in [-0.3, -0.25) is 14.9 Å². The second kappa shape index (κ2) is 5.06. The Balaban J connectivity index is 2.22. The van der Waals surface area contributed by atoms with Crippen LogP contribution in [0.1, 0.15) is 26.0 Å². The fourth-order valence-electron chi connectivity index (χ4n) is 1.53. The lowest BCUT2D eigenvalue weighted by molar-refractivity contribution is -0.144. The molecule has 102 valence electrons. The average Bonchev–Trinajstić information content (AvgIpc) is 2.84. The van der Waals surface area contributed by atoms with E-state index in [2.05, 4.69) is 15.4 Å². The van der Waals surface area contributed by atoms with Gasteiger partial charge in [-0.2, -0.15) is 9.61 Å². The van der Waals surface area contributed by atoms with E-state index in [1.807, 2.05) is 0 Å². The number of aliphatic carboxylic acids is 1. The summed E-state index contributed by atoms with van der Waals surface area (Å²) in [5.74, 6) is -0.925. The highest BCUT2D eigenvalue weighted by atomic mass is 32.1. The third kappa shape index (κ3) is 2.64. The van der Waals surface area contributed by atoms with Gasteiger partial charge in [0, 0.05) is 12.6 Å². The van der Waals surface area contributed by atoms with Crippen molar-refractivity contribution >= 4 is 22.3 Å². The zero-order chi connectivity index (χ0) is 14.0. The summed E-state index contributed by atoms with van der Waals surface area (Å²) < 4.78 is 1.21. The summed E-state index contributed by atoms with van der Waals surface area (Å²) in [5.41, 5.74) is 0.751. The molecule has 0 aliphatic carbocycles. The van der Waals surface area contributed by atoms with Crippen LogP contribution < -0.4 is 10.9 Å². The number of carboxylic acid groups (broad SMARTS) is 1. The molecule has 8 heteroatoms. The molecule has 0 radical (unpaired) electrons. The van der Waals surface area contributed by atoms with Crippen molar-refractivity contribution in [2.45, 2.75) is 32.4 Å². The molecule has 2 aromatic heterocycles. The number of nitrogens with zero attached hydrogens (tertiary/aromatic N) is 3. The van der Waals surface area contributed by atoms with E-state index in [9.17, 15) is 9.59 Å². The van der Waals surface area contributed by atoms with Crippen molar-refractivity contribution in [3.8, 4) is 0 Å². The number of carboxylic acids is 1. The number of rotatable bonds is 5. The summed E-state index contributed by atoms with van der Waals surface area (Å²) in [7, 11) is 0. The minimum Gasteiger partial charge on any atom is -0.480 e. The fourth-order valence-corrected chi connectivity index (χ4v) is 2.17. The topological polar surface area (TPSA) is 96.6 Å². The maximum absolute atomic E-state index is 11.7. The maximum Gasteiger partial charge on any atom is 0.323 e. The molecule has 2 aromatic rings. The highest BCUT2D eigenvalue weighted by molar-refractivity contribution is 7.14. The SMILES string of the molecule is CCC(C)(NCc1cc(=O)n2ncsc2n1)C(=O)O.